The highest BCUT2D eigenvalue weighted by molar-refractivity contribution is 6.06. The summed E-state index contributed by atoms with van der Waals surface area (Å²) in [7, 11) is 1.56. The van der Waals surface area contributed by atoms with Crippen molar-refractivity contribution in [2.45, 2.75) is 45.3 Å². The van der Waals surface area contributed by atoms with Gasteiger partial charge in [-0.1, -0.05) is 13.3 Å². The number of alkyl halides is 3. The largest absolute Gasteiger partial charge is 0.491 e. The van der Waals surface area contributed by atoms with E-state index in [0.29, 0.717) is 30.2 Å². The summed E-state index contributed by atoms with van der Waals surface area (Å²) in [6.45, 7) is 5.56. The smallest absolute Gasteiger partial charge is 0.417 e. The molecule has 2 aromatic rings. The number of halogens is 3. The molecule has 0 radical (unpaired) electrons. The molecule has 11 heteroatoms. The minimum absolute atomic E-state index is 0.0682. The van der Waals surface area contributed by atoms with Crippen LogP contribution in [0, 0.1) is 0 Å². The van der Waals surface area contributed by atoms with Gasteiger partial charge in [0, 0.05) is 24.1 Å². The Bertz CT molecular complexity index is 1140. The predicted molar refractivity (Wildman–Crippen MR) is 117 cm³/mol. The number of rotatable bonds is 9. The van der Waals surface area contributed by atoms with Crippen LogP contribution in [0.4, 0.5) is 18.0 Å². The molecular formula is C23H27F3N2O6. The first-order valence-electron chi connectivity index (χ1n) is 10.9. The molecule has 186 valence electrons. The number of urea groups is 1. The number of benzene rings is 1. The summed E-state index contributed by atoms with van der Waals surface area (Å²) in [5, 5.41) is -0.202. The molecule has 8 nitrogen and oxygen atoms in total. The van der Waals surface area contributed by atoms with Gasteiger partial charge in [0.25, 0.3) is 5.91 Å². The summed E-state index contributed by atoms with van der Waals surface area (Å²) in [5.74, 6) is -0.00589. The quantitative estimate of drug-likeness (QED) is 0.305. The number of carbonyl (C=O) groups excluding carboxylic acids is 2. The highest BCUT2D eigenvalue weighted by Gasteiger charge is 2.48. The topological polar surface area (TPSA) is 89.3 Å². The standard InChI is InChI=1S/C23H27F3N2O6/c1-5-6-15-17(8-7-14-16(23(24,25)26)13-18(29)34-19(14)15)33-12-11-32-10-9-28-20(30)22(2,3)27(4)21(28)31/h7-8,13H,5-6,9-12H2,1-4H3. The molecule has 0 unspecified atom stereocenters. The normalized spacial score (nSPS) is 16.1. The number of nitrogens with zero attached hydrogens (tertiary/aromatic N) is 2. The van der Waals surface area contributed by atoms with Crippen LogP contribution in [0.25, 0.3) is 11.0 Å². The molecule has 34 heavy (non-hydrogen) atoms. The number of amides is 3. The molecule has 3 rings (SSSR count). The predicted octanol–water partition coefficient (Wildman–Crippen LogP) is 3.83. The van der Waals surface area contributed by atoms with E-state index >= 15 is 0 Å². The van der Waals surface area contributed by atoms with Crippen molar-refractivity contribution in [1.82, 2.24) is 9.80 Å². The number of ether oxygens (including phenoxy) is 2. The van der Waals surface area contributed by atoms with Gasteiger partial charge in [-0.2, -0.15) is 13.2 Å². The summed E-state index contributed by atoms with van der Waals surface area (Å²) in [4.78, 5) is 38.8. The number of imide groups is 1. The average molecular weight is 484 g/mol. The third-order valence-corrected chi connectivity index (χ3v) is 5.85. The van der Waals surface area contributed by atoms with Crippen LogP contribution in [-0.2, 0) is 22.1 Å². The lowest BCUT2D eigenvalue weighted by atomic mass is 10.0. The lowest BCUT2D eigenvalue weighted by molar-refractivity contribution is -0.136. The zero-order chi connectivity index (χ0) is 25.3. The van der Waals surface area contributed by atoms with Crippen molar-refractivity contribution in [3.63, 3.8) is 0 Å². The highest BCUT2D eigenvalue weighted by atomic mass is 19.4. The van der Waals surface area contributed by atoms with Crippen LogP contribution < -0.4 is 10.4 Å². The molecule has 3 amide bonds. The molecule has 0 atom stereocenters. The summed E-state index contributed by atoms with van der Waals surface area (Å²) in [5.41, 5.74) is -2.81. The second-order valence-electron chi connectivity index (χ2n) is 8.46. The first-order valence-corrected chi connectivity index (χ1v) is 10.9. The maximum Gasteiger partial charge on any atom is 0.417 e. The zero-order valence-corrected chi connectivity index (χ0v) is 19.5. The third-order valence-electron chi connectivity index (χ3n) is 5.85. The van der Waals surface area contributed by atoms with Gasteiger partial charge < -0.3 is 18.8 Å². The second-order valence-corrected chi connectivity index (χ2v) is 8.46. The number of likely N-dealkylation sites (N-methyl/N-ethyl adjacent to an activating group) is 1. The molecule has 1 aliphatic rings. The maximum absolute atomic E-state index is 13.4. The lowest BCUT2D eigenvalue weighted by Crippen LogP contribution is -2.41. The Morgan fingerprint density at radius 3 is 2.38 bits per heavy atom. The molecule has 0 N–H and O–H groups in total. The number of hydrogen-bond acceptors (Lipinski definition) is 6. The molecule has 1 aliphatic heterocycles. The van der Waals surface area contributed by atoms with E-state index in [9.17, 15) is 27.6 Å². The van der Waals surface area contributed by atoms with Crippen LogP contribution in [0.3, 0.4) is 0 Å². The van der Waals surface area contributed by atoms with Gasteiger partial charge in [0.15, 0.2) is 0 Å². The number of carbonyl (C=O) groups is 2. The number of aryl methyl sites for hydroxylation is 1. The third kappa shape index (κ3) is 4.89. The molecule has 1 aromatic carbocycles. The molecule has 1 fully saturated rings. The minimum atomic E-state index is -4.70. The number of hydrogen-bond donors (Lipinski definition) is 0. The van der Waals surface area contributed by atoms with E-state index < -0.39 is 28.9 Å². The lowest BCUT2D eigenvalue weighted by Gasteiger charge is -2.22. The first-order chi connectivity index (χ1) is 15.9. The van der Waals surface area contributed by atoms with Crippen LogP contribution >= 0.6 is 0 Å². The average Bonchev–Trinajstić information content (AvgIpc) is 2.90. The van der Waals surface area contributed by atoms with Crippen molar-refractivity contribution in [2.24, 2.45) is 0 Å². The van der Waals surface area contributed by atoms with Crippen LogP contribution in [0.5, 0.6) is 5.75 Å². The summed E-state index contributed by atoms with van der Waals surface area (Å²) in [6, 6.07) is 2.69. The maximum atomic E-state index is 13.4. The van der Waals surface area contributed by atoms with Crippen molar-refractivity contribution < 1.29 is 36.7 Å². The van der Waals surface area contributed by atoms with Crippen molar-refractivity contribution in [2.75, 3.05) is 33.4 Å². The summed E-state index contributed by atoms with van der Waals surface area (Å²) >= 11 is 0. The van der Waals surface area contributed by atoms with Crippen LogP contribution in [0.15, 0.2) is 27.4 Å². The van der Waals surface area contributed by atoms with Gasteiger partial charge in [-0.05, 0) is 32.4 Å². The molecule has 1 aromatic heterocycles. The Balaban J connectivity index is 1.65. The second kappa shape index (κ2) is 9.65. The van der Waals surface area contributed by atoms with Crippen LogP contribution in [0.1, 0.15) is 38.3 Å². The molecule has 0 spiro atoms. The Labute approximate surface area is 194 Å². The van der Waals surface area contributed by atoms with E-state index in [1.54, 1.807) is 20.9 Å². The molecular weight excluding hydrogens is 457 g/mol. The fourth-order valence-electron chi connectivity index (χ4n) is 3.77. The Kier molecular flexibility index (Phi) is 7.25. The molecule has 2 heterocycles. The van der Waals surface area contributed by atoms with Gasteiger partial charge in [-0.25, -0.2) is 9.59 Å². The van der Waals surface area contributed by atoms with Crippen molar-refractivity contribution in [3.8, 4) is 5.75 Å². The monoisotopic (exact) mass is 484 g/mol. The number of fused-ring (bicyclic) bond motifs is 1. The van der Waals surface area contributed by atoms with E-state index in [2.05, 4.69) is 0 Å². The van der Waals surface area contributed by atoms with Gasteiger partial charge in [0.1, 0.15) is 23.5 Å². The molecule has 1 saturated heterocycles. The Morgan fingerprint density at radius 1 is 1.09 bits per heavy atom. The fourth-order valence-corrected chi connectivity index (χ4v) is 3.77. The molecule has 0 bridgehead atoms. The zero-order valence-electron chi connectivity index (χ0n) is 19.5. The minimum Gasteiger partial charge on any atom is -0.491 e. The van der Waals surface area contributed by atoms with Crippen molar-refractivity contribution >= 4 is 22.9 Å². The van der Waals surface area contributed by atoms with E-state index in [-0.39, 0.29) is 43.2 Å². The van der Waals surface area contributed by atoms with Gasteiger partial charge in [0.2, 0.25) is 0 Å². The van der Waals surface area contributed by atoms with Crippen molar-refractivity contribution in [3.05, 3.63) is 39.7 Å². The van der Waals surface area contributed by atoms with Gasteiger partial charge in [-0.15, -0.1) is 0 Å². The van der Waals surface area contributed by atoms with E-state index in [1.807, 2.05) is 6.92 Å². The van der Waals surface area contributed by atoms with Crippen LogP contribution in [0.2, 0.25) is 0 Å². The first kappa shape index (κ1) is 25.5. The fraction of sp³-hybridized carbons (Fsp3) is 0.522. The van der Waals surface area contributed by atoms with E-state index in [1.165, 1.54) is 17.0 Å². The van der Waals surface area contributed by atoms with Gasteiger partial charge in [0.05, 0.1) is 25.3 Å². The summed E-state index contributed by atoms with van der Waals surface area (Å²) < 4.78 is 56.5. The highest BCUT2D eigenvalue weighted by Crippen LogP contribution is 2.37. The Morgan fingerprint density at radius 2 is 1.79 bits per heavy atom. The Hall–Kier alpha value is -3.08. The van der Waals surface area contributed by atoms with Crippen LogP contribution in [-0.4, -0.2) is 60.7 Å². The van der Waals surface area contributed by atoms with Crippen molar-refractivity contribution in [1.29, 1.82) is 0 Å². The summed E-state index contributed by atoms with van der Waals surface area (Å²) in [6.07, 6.45) is -3.76. The molecule has 0 saturated carbocycles. The van der Waals surface area contributed by atoms with E-state index in [0.717, 1.165) is 4.90 Å². The molecule has 0 aliphatic carbocycles. The van der Waals surface area contributed by atoms with Gasteiger partial charge >= 0.3 is 17.8 Å². The SMILES string of the molecule is CCCc1c(OCCOCCN2C(=O)N(C)C(C)(C)C2=O)ccc2c(C(F)(F)F)cc(=O)oc12. The van der Waals surface area contributed by atoms with E-state index in [4.69, 9.17) is 13.9 Å². The van der Waals surface area contributed by atoms with Gasteiger partial charge in [-0.3, -0.25) is 9.69 Å².